The van der Waals surface area contributed by atoms with Crippen LogP contribution in [0.5, 0.6) is 0 Å². The van der Waals surface area contributed by atoms with Crippen molar-refractivity contribution in [2.24, 2.45) is 5.92 Å². The van der Waals surface area contributed by atoms with Gasteiger partial charge in [0.25, 0.3) is 6.01 Å². The van der Waals surface area contributed by atoms with Crippen LogP contribution in [0.2, 0.25) is 0 Å². The first-order chi connectivity index (χ1) is 8.78. The fraction of sp³-hybridized carbons (Fsp3) is 0.500. The molecule has 4 heteroatoms. The molecule has 2 N–H and O–H groups in total. The summed E-state index contributed by atoms with van der Waals surface area (Å²) < 4.78 is 5.81. The third-order valence-corrected chi connectivity index (χ3v) is 3.79. The van der Waals surface area contributed by atoms with Gasteiger partial charge in [0.1, 0.15) is 5.52 Å². The molecule has 0 amide bonds. The van der Waals surface area contributed by atoms with Gasteiger partial charge in [0, 0.05) is 13.1 Å². The van der Waals surface area contributed by atoms with E-state index in [-0.39, 0.29) is 0 Å². The molecule has 1 aliphatic carbocycles. The Morgan fingerprint density at radius 2 is 2.28 bits per heavy atom. The number of hydrogen-bond donors (Lipinski definition) is 1. The lowest BCUT2D eigenvalue weighted by atomic mass is 9.85. The third-order valence-electron chi connectivity index (χ3n) is 3.79. The highest BCUT2D eigenvalue weighted by Crippen LogP contribution is 2.30. The summed E-state index contributed by atoms with van der Waals surface area (Å²) in [5, 5.41) is 0. The van der Waals surface area contributed by atoms with Gasteiger partial charge in [0.2, 0.25) is 0 Å². The minimum absolute atomic E-state index is 0.683. The van der Waals surface area contributed by atoms with E-state index in [1.165, 1.54) is 19.3 Å². The van der Waals surface area contributed by atoms with Crippen molar-refractivity contribution in [2.45, 2.75) is 26.2 Å². The molecule has 2 aromatic rings. The molecule has 1 heterocycles. The average Bonchev–Trinajstić information content (AvgIpc) is 2.73. The molecule has 96 valence electrons. The summed E-state index contributed by atoms with van der Waals surface area (Å²) in [6.07, 6.45) is 4.03. The van der Waals surface area contributed by atoms with Gasteiger partial charge in [0.15, 0.2) is 5.58 Å². The third kappa shape index (κ3) is 1.92. The molecule has 0 unspecified atom stereocenters. The number of nitrogen functional groups attached to an aromatic ring is 1. The summed E-state index contributed by atoms with van der Waals surface area (Å²) in [5.41, 5.74) is 8.14. The predicted octanol–water partition coefficient (Wildman–Crippen LogP) is 3.04. The Labute approximate surface area is 107 Å². The largest absolute Gasteiger partial charge is 0.423 e. The van der Waals surface area contributed by atoms with Gasteiger partial charge in [-0.25, -0.2) is 0 Å². The van der Waals surface area contributed by atoms with E-state index in [1.54, 1.807) is 0 Å². The van der Waals surface area contributed by atoms with Crippen LogP contribution in [0.1, 0.15) is 26.2 Å². The van der Waals surface area contributed by atoms with Crippen molar-refractivity contribution < 1.29 is 4.42 Å². The van der Waals surface area contributed by atoms with Crippen molar-refractivity contribution in [2.75, 3.05) is 23.7 Å². The fourth-order valence-electron chi connectivity index (χ4n) is 2.42. The van der Waals surface area contributed by atoms with Gasteiger partial charge < -0.3 is 15.1 Å². The van der Waals surface area contributed by atoms with Crippen LogP contribution in [0, 0.1) is 5.92 Å². The number of fused-ring (bicyclic) bond motifs is 1. The van der Waals surface area contributed by atoms with E-state index in [2.05, 4.69) is 16.8 Å². The summed E-state index contributed by atoms with van der Waals surface area (Å²) in [6.45, 7) is 4.10. The Balaban J connectivity index is 1.89. The second-order valence-corrected chi connectivity index (χ2v) is 5.03. The number of rotatable bonds is 4. The monoisotopic (exact) mass is 245 g/mol. The predicted molar refractivity (Wildman–Crippen MR) is 73.6 cm³/mol. The first-order valence-electron chi connectivity index (χ1n) is 6.68. The van der Waals surface area contributed by atoms with E-state index in [1.807, 2.05) is 18.2 Å². The Morgan fingerprint density at radius 1 is 1.44 bits per heavy atom. The number of oxazole rings is 1. The van der Waals surface area contributed by atoms with E-state index in [9.17, 15) is 0 Å². The van der Waals surface area contributed by atoms with Crippen molar-refractivity contribution in [3.63, 3.8) is 0 Å². The van der Waals surface area contributed by atoms with Crippen molar-refractivity contribution in [3.8, 4) is 0 Å². The van der Waals surface area contributed by atoms with E-state index >= 15 is 0 Å². The molecule has 0 spiro atoms. The molecule has 18 heavy (non-hydrogen) atoms. The zero-order valence-corrected chi connectivity index (χ0v) is 10.7. The maximum atomic E-state index is 5.91. The van der Waals surface area contributed by atoms with Crippen LogP contribution < -0.4 is 10.6 Å². The highest BCUT2D eigenvalue weighted by molar-refractivity contribution is 5.86. The van der Waals surface area contributed by atoms with Crippen molar-refractivity contribution in [1.82, 2.24) is 4.98 Å². The molecule has 1 aliphatic rings. The molecule has 0 bridgehead atoms. The zero-order valence-electron chi connectivity index (χ0n) is 10.7. The van der Waals surface area contributed by atoms with Crippen molar-refractivity contribution >= 4 is 22.8 Å². The number of hydrogen-bond acceptors (Lipinski definition) is 4. The van der Waals surface area contributed by atoms with Gasteiger partial charge in [0.05, 0.1) is 5.69 Å². The summed E-state index contributed by atoms with van der Waals surface area (Å²) >= 11 is 0. The van der Waals surface area contributed by atoms with Crippen LogP contribution in [0.15, 0.2) is 22.6 Å². The lowest BCUT2D eigenvalue weighted by Crippen LogP contribution is -2.32. The molecule has 3 rings (SSSR count). The van der Waals surface area contributed by atoms with Gasteiger partial charge in [-0.3, -0.25) is 0 Å². The normalized spacial score (nSPS) is 15.8. The minimum Gasteiger partial charge on any atom is -0.423 e. The second-order valence-electron chi connectivity index (χ2n) is 5.03. The minimum atomic E-state index is 0.683. The molecule has 0 saturated heterocycles. The molecule has 0 aliphatic heterocycles. The number of nitrogens with two attached hydrogens (primary N) is 1. The van der Waals surface area contributed by atoms with Crippen LogP contribution >= 0.6 is 0 Å². The molecule has 1 aromatic carbocycles. The van der Waals surface area contributed by atoms with Gasteiger partial charge in [-0.2, -0.15) is 4.98 Å². The highest BCUT2D eigenvalue weighted by Gasteiger charge is 2.22. The van der Waals surface area contributed by atoms with Crippen LogP contribution in [0.25, 0.3) is 11.1 Å². The lowest BCUT2D eigenvalue weighted by molar-refractivity contribution is 0.314. The topological polar surface area (TPSA) is 55.3 Å². The summed E-state index contributed by atoms with van der Waals surface area (Å²) in [7, 11) is 0. The molecule has 0 radical (unpaired) electrons. The zero-order chi connectivity index (χ0) is 12.5. The number of para-hydroxylation sites is 1. The maximum Gasteiger partial charge on any atom is 0.298 e. The molecule has 1 aromatic heterocycles. The molecular formula is C14H19N3O. The number of benzene rings is 1. The van der Waals surface area contributed by atoms with Crippen molar-refractivity contribution in [3.05, 3.63) is 18.2 Å². The highest BCUT2D eigenvalue weighted by atomic mass is 16.4. The van der Waals surface area contributed by atoms with Gasteiger partial charge in [-0.05, 0) is 37.8 Å². The van der Waals surface area contributed by atoms with Gasteiger partial charge >= 0.3 is 0 Å². The number of anilines is 2. The standard InChI is InChI=1S/C14H19N3O/c1-2-17(9-10-5-3-6-10)14-16-13-11(15)7-4-8-12(13)18-14/h4,7-8,10H,2-3,5-6,9,15H2,1H3. The Morgan fingerprint density at radius 3 is 2.89 bits per heavy atom. The smallest absolute Gasteiger partial charge is 0.298 e. The first kappa shape index (κ1) is 11.4. The van der Waals surface area contributed by atoms with Crippen LogP contribution in [-0.2, 0) is 0 Å². The Hall–Kier alpha value is -1.71. The van der Waals surface area contributed by atoms with Crippen LogP contribution in [-0.4, -0.2) is 18.1 Å². The van der Waals surface area contributed by atoms with Gasteiger partial charge in [-0.1, -0.05) is 12.5 Å². The summed E-state index contributed by atoms with van der Waals surface area (Å²) in [5.74, 6) is 0.803. The SMILES string of the molecule is CCN(CC1CCC1)c1nc2c(N)cccc2o1. The maximum absolute atomic E-state index is 5.91. The van der Waals surface area contributed by atoms with Crippen molar-refractivity contribution in [1.29, 1.82) is 0 Å². The number of nitrogens with zero attached hydrogens (tertiary/aromatic N) is 2. The van der Waals surface area contributed by atoms with Crippen LogP contribution in [0.4, 0.5) is 11.7 Å². The van der Waals surface area contributed by atoms with E-state index < -0.39 is 0 Å². The quantitative estimate of drug-likeness (QED) is 0.841. The Kier molecular flexibility index (Phi) is 2.86. The fourth-order valence-corrected chi connectivity index (χ4v) is 2.42. The van der Waals surface area contributed by atoms with Crippen LogP contribution in [0.3, 0.4) is 0 Å². The average molecular weight is 245 g/mol. The van der Waals surface area contributed by atoms with Gasteiger partial charge in [-0.15, -0.1) is 0 Å². The first-order valence-corrected chi connectivity index (χ1v) is 6.68. The molecular weight excluding hydrogens is 226 g/mol. The molecule has 0 atom stereocenters. The lowest BCUT2D eigenvalue weighted by Gasteiger charge is -2.30. The summed E-state index contributed by atoms with van der Waals surface area (Å²) in [6, 6.07) is 6.38. The van der Waals surface area contributed by atoms with E-state index in [0.717, 1.165) is 30.1 Å². The van der Waals surface area contributed by atoms with E-state index in [4.69, 9.17) is 10.2 Å². The molecule has 1 fully saturated rings. The van der Waals surface area contributed by atoms with E-state index in [0.29, 0.717) is 11.7 Å². The Bertz CT molecular complexity index is 545. The second kappa shape index (κ2) is 4.52. The number of aromatic nitrogens is 1. The molecule has 4 nitrogen and oxygen atoms in total. The summed E-state index contributed by atoms with van der Waals surface area (Å²) in [4.78, 5) is 6.74. The molecule has 1 saturated carbocycles.